The summed E-state index contributed by atoms with van der Waals surface area (Å²) < 4.78 is 32.1. The molecular formula is C12H11N3O3S. The van der Waals surface area contributed by atoms with E-state index in [-0.39, 0.29) is 10.8 Å². The summed E-state index contributed by atoms with van der Waals surface area (Å²) in [7, 11) is -3.60. The van der Waals surface area contributed by atoms with Crippen LogP contribution >= 0.6 is 0 Å². The van der Waals surface area contributed by atoms with Crippen molar-refractivity contribution in [2.75, 3.05) is 0 Å². The zero-order valence-corrected chi connectivity index (χ0v) is 11.2. The van der Waals surface area contributed by atoms with Gasteiger partial charge in [-0.05, 0) is 18.6 Å². The van der Waals surface area contributed by atoms with Gasteiger partial charge in [0.25, 0.3) is 15.9 Å². The second-order valence-corrected chi connectivity index (χ2v) is 5.88. The largest absolute Gasteiger partial charge is 0.420 e. The number of nitrogens with one attached hydrogen (secondary N) is 1. The molecule has 0 unspecified atom stereocenters. The van der Waals surface area contributed by atoms with Crippen LogP contribution in [0, 0.1) is 6.92 Å². The van der Waals surface area contributed by atoms with Gasteiger partial charge < -0.3 is 4.42 Å². The van der Waals surface area contributed by atoms with Gasteiger partial charge in [-0.25, -0.2) is 8.42 Å². The first-order valence-corrected chi connectivity index (χ1v) is 7.11. The molecule has 1 aliphatic heterocycles. The summed E-state index contributed by atoms with van der Waals surface area (Å²) >= 11 is 0. The maximum atomic E-state index is 12.2. The average molecular weight is 277 g/mol. The van der Waals surface area contributed by atoms with Crippen LogP contribution in [0.1, 0.15) is 24.3 Å². The Kier molecular flexibility index (Phi) is 2.46. The fourth-order valence-electron chi connectivity index (χ4n) is 2.01. The van der Waals surface area contributed by atoms with E-state index < -0.39 is 10.0 Å². The van der Waals surface area contributed by atoms with Crippen molar-refractivity contribution in [1.82, 2.24) is 14.9 Å². The van der Waals surface area contributed by atoms with E-state index in [0.717, 1.165) is 5.57 Å². The molecule has 1 aromatic heterocycles. The molecule has 0 amide bonds. The summed E-state index contributed by atoms with van der Waals surface area (Å²) in [5, 5.41) is 7.57. The van der Waals surface area contributed by atoms with E-state index in [4.69, 9.17) is 4.42 Å². The predicted molar refractivity (Wildman–Crippen MR) is 68.3 cm³/mol. The Balaban J connectivity index is 2.28. The molecule has 1 aromatic carbocycles. The summed E-state index contributed by atoms with van der Waals surface area (Å²) in [4.78, 5) is 0.257. The molecule has 0 saturated heterocycles. The lowest BCUT2D eigenvalue weighted by Crippen LogP contribution is -2.28. The van der Waals surface area contributed by atoms with E-state index in [1.807, 2.05) is 6.92 Å². The molecule has 1 aliphatic rings. The van der Waals surface area contributed by atoms with Gasteiger partial charge in [0, 0.05) is 12.5 Å². The van der Waals surface area contributed by atoms with Crippen molar-refractivity contribution >= 4 is 21.3 Å². The first-order chi connectivity index (χ1) is 8.99. The van der Waals surface area contributed by atoms with Gasteiger partial charge in [-0.15, -0.1) is 10.2 Å². The maximum Gasteiger partial charge on any atom is 0.265 e. The number of aryl methyl sites for hydroxylation is 1. The van der Waals surface area contributed by atoms with Gasteiger partial charge in [0.05, 0.1) is 4.90 Å². The van der Waals surface area contributed by atoms with E-state index in [1.54, 1.807) is 31.2 Å². The number of allylic oxidation sites excluding steroid dienone is 1. The number of hydrogen-bond donors (Lipinski definition) is 1. The molecule has 3 rings (SSSR count). The molecular weight excluding hydrogens is 266 g/mol. The van der Waals surface area contributed by atoms with Crippen LogP contribution in [0.3, 0.4) is 0 Å². The van der Waals surface area contributed by atoms with E-state index >= 15 is 0 Å². The highest BCUT2D eigenvalue weighted by atomic mass is 32.2. The Morgan fingerprint density at radius 1 is 1.16 bits per heavy atom. The van der Waals surface area contributed by atoms with Gasteiger partial charge in [0.1, 0.15) is 5.70 Å². The van der Waals surface area contributed by atoms with E-state index in [1.165, 1.54) is 0 Å². The molecule has 0 bridgehead atoms. The first-order valence-electron chi connectivity index (χ1n) is 5.62. The van der Waals surface area contributed by atoms with Gasteiger partial charge in [0.2, 0.25) is 5.89 Å². The van der Waals surface area contributed by atoms with Gasteiger partial charge in [0.15, 0.2) is 0 Å². The van der Waals surface area contributed by atoms with Crippen molar-refractivity contribution in [1.29, 1.82) is 0 Å². The highest BCUT2D eigenvalue weighted by molar-refractivity contribution is 7.90. The molecule has 0 atom stereocenters. The Morgan fingerprint density at radius 2 is 1.89 bits per heavy atom. The van der Waals surface area contributed by atoms with Crippen LogP contribution in [0.15, 0.2) is 33.6 Å². The molecule has 0 fully saturated rings. The van der Waals surface area contributed by atoms with Gasteiger partial charge in [-0.3, -0.25) is 4.72 Å². The van der Waals surface area contributed by atoms with Crippen LogP contribution < -0.4 is 4.72 Å². The van der Waals surface area contributed by atoms with Gasteiger partial charge in [-0.1, -0.05) is 18.2 Å². The monoisotopic (exact) mass is 277 g/mol. The van der Waals surface area contributed by atoms with Crippen molar-refractivity contribution < 1.29 is 12.8 Å². The first kappa shape index (κ1) is 11.9. The highest BCUT2D eigenvalue weighted by Gasteiger charge is 2.29. The topological polar surface area (TPSA) is 85.1 Å². The van der Waals surface area contributed by atoms with Crippen molar-refractivity contribution in [2.24, 2.45) is 0 Å². The molecule has 19 heavy (non-hydrogen) atoms. The molecule has 6 nitrogen and oxygen atoms in total. The number of rotatable bonds is 1. The van der Waals surface area contributed by atoms with Crippen molar-refractivity contribution in [3.63, 3.8) is 0 Å². The maximum absolute atomic E-state index is 12.2. The van der Waals surface area contributed by atoms with Crippen LogP contribution in [0.25, 0.3) is 11.3 Å². The smallest absolute Gasteiger partial charge is 0.265 e. The summed E-state index contributed by atoms with van der Waals surface area (Å²) in [6.07, 6.45) is 0. The summed E-state index contributed by atoms with van der Waals surface area (Å²) in [6, 6.07) is 6.80. The quantitative estimate of drug-likeness (QED) is 0.855. The fraction of sp³-hybridized carbons (Fsp3) is 0.167. The van der Waals surface area contributed by atoms with Crippen LogP contribution in [0.2, 0.25) is 0 Å². The Labute approximate surface area is 110 Å². The van der Waals surface area contributed by atoms with Crippen molar-refractivity contribution in [2.45, 2.75) is 18.7 Å². The lowest BCUT2D eigenvalue weighted by atomic mass is 10.1. The molecule has 0 spiro atoms. The second-order valence-electron chi connectivity index (χ2n) is 4.23. The predicted octanol–water partition coefficient (Wildman–Crippen LogP) is 1.56. The van der Waals surface area contributed by atoms with Crippen LogP contribution in [0.5, 0.6) is 0 Å². The third-order valence-corrected chi connectivity index (χ3v) is 4.34. The molecule has 2 heterocycles. The third-order valence-electron chi connectivity index (χ3n) is 2.93. The minimum atomic E-state index is -3.60. The standard InChI is InChI=1S/C12H11N3O3S/c1-7-9-5-3-4-6-10(9)19(16,17)15-11(7)12-14-13-8(2)18-12/h3-6,15H,1-2H3. The second kappa shape index (κ2) is 3.92. The average Bonchev–Trinajstić information content (AvgIpc) is 2.81. The molecule has 7 heteroatoms. The van der Waals surface area contributed by atoms with E-state index in [2.05, 4.69) is 14.9 Å². The molecule has 0 aliphatic carbocycles. The molecule has 2 aromatic rings. The number of nitrogens with zero attached hydrogens (tertiary/aromatic N) is 2. The molecule has 1 N–H and O–H groups in total. The molecule has 0 saturated carbocycles. The van der Waals surface area contributed by atoms with Crippen molar-refractivity contribution in [3.05, 3.63) is 41.6 Å². The normalized spacial score (nSPS) is 16.9. The highest BCUT2D eigenvalue weighted by Crippen LogP contribution is 2.33. The number of fused-ring (bicyclic) bond motifs is 1. The van der Waals surface area contributed by atoms with E-state index in [9.17, 15) is 8.42 Å². The summed E-state index contributed by atoms with van der Waals surface area (Å²) in [5.74, 6) is 0.557. The Hall–Kier alpha value is -2.15. The Bertz CT molecular complexity index is 790. The third kappa shape index (κ3) is 1.82. The lowest BCUT2D eigenvalue weighted by Gasteiger charge is -2.20. The van der Waals surface area contributed by atoms with E-state index in [0.29, 0.717) is 17.2 Å². The molecule has 0 radical (unpaired) electrons. The molecule has 98 valence electrons. The van der Waals surface area contributed by atoms with Crippen LogP contribution in [-0.4, -0.2) is 18.6 Å². The van der Waals surface area contributed by atoms with Crippen molar-refractivity contribution in [3.8, 4) is 0 Å². The Morgan fingerprint density at radius 3 is 2.58 bits per heavy atom. The van der Waals surface area contributed by atoms with Gasteiger partial charge in [-0.2, -0.15) is 0 Å². The van der Waals surface area contributed by atoms with Gasteiger partial charge >= 0.3 is 0 Å². The minimum absolute atomic E-state index is 0.174. The minimum Gasteiger partial charge on any atom is -0.420 e. The van der Waals surface area contributed by atoms with Crippen LogP contribution in [0.4, 0.5) is 0 Å². The fourth-order valence-corrected chi connectivity index (χ4v) is 3.40. The lowest BCUT2D eigenvalue weighted by molar-refractivity contribution is 0.503. The summed E-state index contributed by atoms with van der Waals surface area (Å²) in [5.41, 5.74) is 1.74. The number of benzene rings is 1. The number of hydrogen-bond acceptors (Lipinski definition) is 5. The van der Waals surface area contributed by atoms with Crippen LogP contribution in [-0.2, 0) is 10.0 Å². The summed E-state index contributed by atoms with van der Waals surface area (Å²) in [6.45, 7) is 3.47. The number of aromatic nitrogens is 2. The number of sulfonamides is 1. The zero-order chi connectivity index (χ0) is 13.6. The SMILES string of the molecule is CC1=C(c2nnc(C)o2)NS(=O)(=O)c2ccccc21. The zero-order valence-electron chi connectivity index (χ0n) is 10.3.